The SMILES string of the molecule is COCC(C)CC(=O)N1CCC(CO)C1. The second-order valence-electron chi connectivity index (χ2n) is 4.44. The molecule has 1 aliphatic rings. The molecule has 1 heterocycles. The number of hydrogen-bond donors (Lipinski definition) is 1. The molecule has 2 unspecified atom stereocenters. The van der Waals surface area contributed by atoms with E-state index < -0.39 is 0 Å². The smallest absolute Gasteiger partial charge is 0.222 e. The lowest BCUT2D eigenvalue weighted by Gasteiger charge is -2.18. The highest BCUT2D eigenvalue weighted by Gasteiger charge is 2.26. The Morgan fingerprint density at radius 2 is 2.40 bits per heavy atom. The molecule has 0 aliphatic carbocycles. The van der Waals surface area contributed by atoms with Crippen LogP contribution in [0.3, 0.4) is 0 Å². The van der Waals surface area contributed by atoms with Crippen molar-refractivity contribution in [2.45, 2.75) is 19.8 Å². The van der Waals surface area contributed by atoms with Crippen LogP contribution in [0.5, 0.6) is 0 Å². The van der Waals surface area contributed by atoms with Crippen LogP contribution < -0.4 is 0 Å². The molecular formula is C11H21NO3. The van der Waals surface area contributed by atoms with E-state index in [1.165, 1.54) is 0 Å². The number of nitrogens with zero attached hydrogens (tertiary/aromatic N) is 1. The lowest BCUT2D eigenvalue weighted by Crippen LogP contribution is -2.30. The number of rotatable bonds is 5. The highest BCUT2D eigenvalue weighted by Crippen LogP contribution is 2.17. The average molecular weight is 215 g/mol. The largest absolute Gasteiger partial charge is 0.396 e. The van der Waals surface area contributed by atoms with E-state index in [-0.39, 0.29) is 24.3 Å². The van der Waals surface area contributed by atoms with Crippen molar-refractivity contribution >= 4 is 5.91 Å². The van der Waals surface area contributed by atoms with Crippen molar-refractivity contribution in [3.05, 3.63) is 0 Å². The zero-order chi connectivity index (χ0) is 11.3. The number of aliphatic hydroxyl groups is 1. The molecular weight excluding hydrogens is 194 g/mol. The standard InChI is InChI=1S/C11H21NO3/c1-9(8-15-2)5-11(14)12-4-3-10(6-12)7-13/h9-10,13H,3-8H2,1-2H3. The van der Waals surface area contributed by atoms with Crippen LogP contribution in [0.25, 0.3) is 0 Å². The molecule has 1 saturated heterocycles. The van der Waals surface area contributed by atoms with Crippen molar-refractivity contribution < 1.29 is 14.6 Å². The summed E-state index contributed by atoms with van der Waals surface area (Å²) < 4.78 is 5.00. The molecule has 0 bridgehead atoms. The minimum atomic E-state index is 0.190. The molecule has 1 aliphatic heterocycles. The molecule has 2 atom stereocenters. The number of ether oxygens (including phenoxy) is 1. The van der Waals surface area contributed by atoms with Crippen LogP contribution in [0.2, 0.25) is 0 Å². The Labute approximate surface area is 91.2 Å². The Balaban J connectivity index is 2.29. The molecule has 1 rings (SSSR count). The van der Waals surface area contributed by atoms with E-state index in [0.29, 0.717) is 13.0 Å². The van der Waals surface area contributed by atoms with Crippen LogP contribution in [-0.2, 0) is 9.53 Å². The Bertz CT molecular complexity index is 208. The normalized spacial score (nSPS) is 23.1. The van der Waals surface area contributed by atoms with E-state index in [9.17, 15) is 4.79 Å². The topological polar surface area (TPSA) is 49.8 Å². The summed E-state index contributed by atoms with van der Waals surface area (Å²) in [6.45, 7) is 4.35. The molecule has 0 spiro atoms. The molecule has 88 valence electrons. The maximum absolute atomic E-state index is 11.8. The second-order valence-corrected chi connectivity index (χ2v) is 4.44. The lowest BCUT2D eigenvalue weighted by atomic mass is 10.1. The van der Waals surface area contributed by atoms with Crippen LogP contribution >= 0.6 is 0 Å². The van der Waals surface area contributed by atoms with Gasteiger partial charge in [-0.15, -0.1) is 0 Å². The summed E-state index contributed by atoms with van der Waals surface area (Å²) in [6.07, 6.45) is 1.48. The Hall–Kier alpha value is -0.610. The van der Waals surface area contributed by atoms with E-state index in [1.807, 2.05) is 11.8 Å². The minimum absolute atomic E-state index is 0.190. The highest BCUT2D eigenvalue weighted by molar-refractivity contribution is 5.76. The summed E-state index contributed by atoms with van der Waals surface area (Å²) in [5.41, 5.74) is 0. The fraction of sp³-hybridized carbons (Fsp3) is 0.909. The molecule has 4 heteroatoms. The summed E-state index contributed by atoms with van der Waals surface area (Å²) in [5, 5.41) is 8.97. The average Bonchev–Trinajstić information content (AvgIpc) is 2.66. The van der Waals surface area contributed by atoms with Crippen molar-refractivity contribution in [3.63, 3.8) is 0 Å². The van der Waals surface area contributed by atoms with Gasteiger partial charge in [0.05, 0.1) is 0 Å². The van der Waals surface area contributed by atoms with Gasteiger partial charge in [0.25, 0.3) is 0 Å². The summed E-state index contributed by atoms with van der Waals surface area (Å²) in [4.78, 5) is 13.6. The van der Waals surface area contributed by atoms with Crippen LogP contribution in [0, 0.1) is 11.8 Å². The van der Waals surface area contributed by atoms with Gasteiger partial charge in [-0.25, -0.2) is 0 Å². The quantitative estimate of drug-likeness (QED) is 0.726. The Kier molecular flexibility index (Phi) is 5.05. The lowest BCUT2D eigenvalue weighted by molar-refractivity contribution is -0.131. The highest BCUT2D eigenvalue weighted by atomic mass is 16.5. The third kappa shape index (κ3) is 3.80. The third-order valence-corrected chi connectivity index (χ3v) is 2.87. The summed E-state index contributed by atoms with van der Waals surface area (Å²) in [5.74, 6) is 0.748. The van der Waals surface area contributed by atoms with Crippen LogP contribution in [0.1, 0.15) is 19.8 Å². The number of methoxy groups -OCH3 is 1. The molecule has 0 saturated carbocycles. The van der Waals surface area contributed by atoms with Gasteiger partial charge in [0.1, 0.15) is 0 Å². The van der Waals surface area contributed by atoms with Gasteiger partial charge in [-0.2, -0.15) is 0 Å². The number of carbonyl (C=O) groups excluding carboxylic acids is 1. The second kappa shape index (κ2) is 6.08. The van der Waals surface area contributed by atoms with Crippen LogP contribution in [-0.4, -0.2) is 49.3 Å². The van der Waals surface area contributed by atoms with Gasteiger partial charge in [-0.3, -0.25) is 4.79 Å². The molecule has 0 aromatic heterocycles. The molecule has 0 aromatic rings. The molecule has 1 N–H and O–H groups in total. The first-order valence-electron chi connectivity index (χ1n) is 5.55. The van der Waals surface area contributed by atoms with Gasteiger partial charge in [0.15, 0.2) is 0 Å². The first kappa shape index (κ1) is 12.5. The number of likely N-dealkylation sites (tertiary alicyclic amines) is 1. The minimum Gasteiger partial charge on any atom is -0.396 e. The molecule has 1 amide bonds. The zero-order valence-electron chi connectivity index (χ0n) is 9.61. The predicted octanol–water partition coefficient (Wildman–Crippen LogP) is 0.500. The van der Waals surface area contributed by atoms with Gasteiger partial charge in [0.2, 0.25) is 5.91 Å². The molecule has 4 nitrogen and oxygen atoms in total. The predicted molar refractivity (Wildman–Crippen MR) is 57.4 cm³/mol. The first-order chi connectivity index (χ1) is 7.17. The number of hydrogen-bond acceptors (Lipinski definition) is 3. The molecule has 0 aromatic carbocycles. The zero-order valence-corrected chi connectivity index (χ0v) is 9.61. The van der Waals surface area contributed by atoms with E-state index in [1.54, 1.807) is 7.11 Å². The van der Waals surface area contributed by atoms with Gasteiger partial charge in [-0.05, 0) is 12.3 Å². The third-order valence-electron chi connectivity index (χ3n) is 2.87. The van der Waals surface area contributed by atoms with Crippen LogP contribution in [0.4, 0.5) is 0 Å². The fourth-order valence-electron chi connectivity index (χ4n) is 1.98. The number of carbonyl (C=O) groups is 1. The summed E-state index contributed by atoms with van der Waals surface area (Å²) >= 11 is 0. The van der Waals surface area contributed by atoms with Gasteiger partial charge >= 0.3 is 0 Å². The fourth-order valence-corrected chi connectivity index (χ4v) is 1.98. The van der Waals surface area contributed by atoms with Crippen molar-refractivity contribution in [1.82, 2.24) is 4.90 Å². The van der Waals surface area contributed by atoms with E-state index in [2.05, 4.69) is 0 Å². The van der Waals surface area contributed by atoms with E-state index in [0.717, 1.165) is 19.5 Å². The Morgan fingerprint density at radius 3 is 2.93 bits per heavy atom. The number of amides is 1. The molecule has 1 fully saturated rings. The summed E-state index contributed by atoms with van der Waals surface area (Å²) in [7, 11) is 1.65. The summed E-state index contributed by atoms with van der Waals surface area (Å²) in [6, 6.07) is 0. The van der Waals surface area contributed by atoms with Crippen molar-refractivity contribution in [3.8, 4) is 0 Å². The molecule has 15 heavy (non-hydrogen) atoms. The first-order valence-corrected chi connectivity index (χ1v) is 5.55. The van der Waals surface area contributed by atoms with E-state index >= 15 is 0 Å². The van der Waals surface area contributed by atoms with Gasteiger partial charge in [0, 0.05) is 45.8 Å². The maximum atomic E-state index is 11.8. The van der Waals surface area contributed by atoms with Gasteiger partial charge in [-0.1, -0.05) is 6.92 Å². The maximum Gasteiger partial charge on any atom is 0.222 e. The Morgan fingerprint density at radius 1 is 1.67 bits per heavy atom. The molecule has 0 radical (unpaired) electrons. The van der Waals surface area contributed by atoms with Gasteiger partial charge < -0.3 is 14.7 Å². The van der Waals surface area contributed by atoms with E-state index in [4.69, 9.17) is 9.84 Å². The van der Waals surface area contributed by atoms with Crippen molar-refractivity contribution in [2.24, 2.45) is 11.8 Å². The number of aliphatic hydroxyl groups excluding tert-OH is 1. The van der Waals surface area contributed by atoms with Crippen LogP contribution in [0.15, 0.2) is 0 Å². The van der Waals surface area contributed by atoms with Crippen molar-refractivity contribution in [1.29, 1.82) is 0 Å². The van der Waals surface area contributed by atoms with Crippen molar-refractivity contribution in [2.75, 3.05) is 33.4 Å². The monoisotopic (exact) mass is 215 g/mol.